The lowest BCUT2D eigenvalue weighted by atomic mass is 9.51. The zero-order chi connectivity index (χ0) is 15.0. The van der Waals surface area contributed by atoms with E-state index >= 15 is 0 Å². The summed E-state index contributed by atoms with van der Waals surface area (Å²) in [5.74, 6) is 2.50. The highest BCUT2D eigenvalue weighted by Crippen LogP contribution is 2.58. The lowest BCUT2D eigenvalue weighted by molar-refractivity contribution is 0.0301. The van der Waals surface area contributed by atoms with Crippen LogP contribution in [-0.4, -0.2) is 0 Å². The fraction of sp³-hybridized carbons (Fsp3) is 0.800. The van der Waals surface area contributed by atoms with Gasteiger partial charge in [-0.1, -0.05) is 58.8 Å². The maximum Gasteiger partial charge on any atom is -0.0112 e. The summed E-state index contributed by atoms with van der Waals surface area (Å²) >= 11 is 0. The molecule has 0 aromatic rings. The van der Waals surface area contributed by atoms with Gasteiger partial charge in [0.15, 0.2) is 0 Å². The van der Waals surface area contributed by atoms with Crippen molar-refractivity contribution >= 4 is 0 Å². The zero-order valence-electron chi connectivity index (χ0n) is 14.3. The molecular weight excluding hydrogens is 240 g/mol. The molecule has 0 heterocycles. The predicted molar refractivity (Wildman–Crippen MR) is 89.7 cm³/mol. The highest BCUT2D eigenvalue weighted by Gasteiger charge is 2.48. The van der Waals surface area contributed by atoms with Crippen LogP contribution < -0.4 is 0 Å². The van der Waals surface area contributed by atoms with Crippen molar-refractivity contribution in [1.29, 1.82) is 0 Å². The van der Waals surface area contributed by atoms with Gasteiger partial charge in [0, 0.05) is 0 Å². The summed E-state index contributed by atoms with van der Waals surface area (Å²) in [4.78, 5) is 0. The molecule has 0 radical (unpaired) electrons. The Hall–Kier alpha value is -0.520. The minimum absolute atomic E-state index is 0.347. The summed E-state index contributed by atoms with van der Waals surface area (Å²) < 4.78 is 0. The summed E-state index contributed by atoms with van der Waals surface area (Å²) in [6.07, 6.45) is 12.8. The van der Waals surface area contributed by atoms with Gasteiger partial charge in [0.25, 0.3) is 0 Å². The van der Waals surface area contributed by atoms with E-state index in [1.165, 1.54) is 38.5 Å². The maximum absolute atomic E-state index is 4.08. The Morgan fingerprint density at radius 3 is 2.65 bits per heavy atom. The number of hydrogen-bond acceptors (Lipinski definition) is 0. The van der Waals surface area contributed by atoms with Crippen molar-refractivity contribution < 1.29 is 0 Å². The summed E-state index contributed by atoms with van der Waals surface area (Å²) in [7, 11) is 0. The summed E-state index contributed by atoms with van der Waals surface area (Å²) in [6.45, 7) is 16.3. The molecule has 0 spiro atoms. The molecule has 0 heteroatoms. The Morgan fingerprint density at radius 1 is 1.40 bits per heavy atom. The van der Waals surface area contributed by atoms with E-state index in [1.807, 2.05) is 0 Å². The molecule has 0 N–H and O–H groups in total. The predicted octanol–water partition coefficient (Wildman–Crippen LogP) is 6.39. The van der Waals surface area contributed by atoms with Crippen molar-refractivity contribution in [1.82, 2.24) is 0 Å². The smallest absolute Gasteiger partial charge is 0.0112 e. The fourth-order valence-corrected chi connectivity index (χ4v) is 5.22. The third-order valence-corrected chi connectivity index (χ3v) is 6.42. The molecule has 0 nitrogen and oxygen atoms in total. The van der Waals surface area contributed by atoms with Gasteiger partial charge in [0.1, 0.15) is 0 Å². The summed E-state index contributed by atoms with van der Waals surface area (Å²) in [5.41, 5.74) is 2.63. The van der Waals surface area contributed by atoms with Crippen LogP contribution in [0, 0.1) is 28.6 Å². The van der Waals surface area contributed by atoms with Gasteiger partial charge in [0.05, 0.1) is 0 Å². The first-order chi connectivity index (χ1) is 9.36. The molecule has 1 fully saturated rings. The van der Waals surface area contributed by atoms with Crippen molar-refractivity contribution in [3.8, 4) is 0 Å². The second-order valence-corrected chi connectivity index (χ2v) is 8.25. The van der Waals surface area contributed by atoms with Crippen LogP contribution in [0.1, 0.15) is 73.1 Å². The normalized spacial score (nSPS) is 41.2. The van der Waals surface area contributed by atoms with Gasteiger partial charge in [-0.15, -0.1) is 6.58 Å². The van der Waals surface area contributed by atoms with Crippen LogP contribution in [0.2, 0.25) is 0 Å². The van der Waals surface area contributed by atoms with Crippen LogP contribution >= 0.6 is 0 Å². The van der Waals surface area contributed by atoms with Crippen molar-refractivity contribution in [3.05, 3.63) is 24.3 Å². The molecule has 0 saturated heterocycles. The molecule has 0 bridgehead atoms. The molecule has 0 aromatic heterocycles. The van der Waals surface area contributed by atoms with Crippen LogP contribution in [0.4, 0.5) is 0 Å². The van der Waals surface area contributed by atoms with Crippen LogP contribution in [0.5, 0.6) is 0 Å². The quantitative estimate of drug-likeness (QED) is 0.521. The van der Waals surface area contributed by atoms with Gasteiger partial charge in [-0.2, -0.15) is 0 Å². The van der Waals surface area contributed by atoms with E-state index in [9.17, 15) is 0 Å². The third kappa shape index (κ3) is 2.63. The fourth-order valence-electron chi connectivity index (χ4n) is 5.22. The maximum atomic E-state index is 4.08. The van der Waals surface area contributed by atoms with Gasteiger partial charge >= 0.3 is 0 Å². The van der Waals surface area contributed by atoms with E-state index in [4.69, 9.17) is 0 Å². The summed E-state index contributed by atoms with van der Waals surface area (Å²) in [6, 6.07) is 0. The van der Waals surface area contributed by atoms with E-state index in [2.05, 4.69) is 53.3 Å². The van der Waals surface area contributed by atoms with Gasteiger partial charge in [0.2, 0.25) is 0 Å². The highest BCUT2D eigenvalue weighted by atomic mass is 14.5. The van der Waals surface area contributed by atoms with Gasteiger partial charge < -0.3 is 0 Å². The molecule has 114 valence electrons. The van der Waals surface area contributed by atoms with Crippen LogP contribution in [0.3, 0.4) is 0 Å². The standard InChI is InChI=1S/C20H34/c1-7-12-20(6)17(15(3)4)10-9-16-14-19(5,8-2)13-11-18(16)20/h8-9,15,17-18H,2,7,10-14H2,1,3-6H3. The SMILES string of the molecule is C=CC1(C)CCC2C(=CCC(C(C)C)C2(C)CCC)C1. The van der Waals surface area contributed by atoms with E-state index in [0.717, 1.165) is 17.8 Å². The van der Waals surface area contributed by atoms with Crippen LogP contribution in [0.25, 0.3) is 0 Å². The molecular formula is C20H34. The molecule has 2 rings (SSSR count). The summed E-state index contributed by atoms with van der Waals surface area (Å²) in [5, 5.41) is 0. The van der Waals surface area contributed by atoms with Gasteiger partial charge in [-0.3, -0.25) is 0 Å². The number of fused-ring (bicyclic) bond motifs is 1. The Kier molecular flexibility index (Phi) is 4.52. The monoisotopic (exact) mass is 274 g/mol. The topological polar surface area (TPSA) is 0 Å². The van der Waals surface area contributed by atoms with Crippen molar-refractivity contribution in [2.75, 3.05) is 0 Å². The van der Waals surface area contributed by atoms with Crippen molar-refractivity contribution in [2.24, 2.45) is 28.6 Å². The molecule has 0 aliphatic heterocycles. The Bertz CT molecular complexity index is 389. The first-order valence-corrected chi connectivity index (χ1v) is 8.69. The van der Waals surface area contributed by atoms with E-state index in [0.29, 0.717) is 10.8 Å². The highest BCUT2D eigenvalue weighted by molar-refractivity contribution is 5.23. The van der Waals surface area contributed by atoms with Crippen molar-refractivity contribution in [2.45, 2.75) is 73.1 Å². The molecule has 1 saturated carbocycles. The zero-order valence-corrected chi connectivity index (χ0v) is 14.3. The van der Waals surface area contributed by atoms with Crippen LogP contribution in [0.15, 0.2) is 24.3 Å². The molecule has 0 aromatic carbocycles. The van der Waals surface area contributed by atoms with Gasteiger partial charge in [-0.05, 0) is 60.7 Å². The molecule has 2 aliphatic rings. The first-order valence-electron chi connectivity index (χ1n) is 8.69. The minimum atomic E-state index is 0.347. The van der Waals surface area contributed by atoms with E-state index in [1.54, 1.807) is 5.57 Å². The molecule has 2 aliphatic carbocycles. The average Bonchev–Trinajstić information content (AvgIpc) is 2.38. The van der Waals surface area contributed by atoms with E-state index in [-0.39, 0.29) is 0 Å². The number of allylic oxidation sites excluding steroid dienone is 3. The molecule has 4 unspecified atom stereocenters. The second kappa shape index (κ2) is 5.70. The minimum Gasteiger partial charge on any atom is -0.103 e. The second-order valence-electron chi connectivity index (χ2n) is 8.25. The van der Waals surface area contributed by atoms with Gasteiger partial charge in [-0.25, -0.2) is 0 Å². The molecule has 4 atom stereocenters. The Labute approximate surface area is 126 Å². The molecule has 0 amide bonds. The van der Waals surface area contributed by atoms with E-state index < -0.39 is 0 Å². The van der Waals surface area contributed by atoms with Crippen molar-refractivity contribution in [3.63, 3.8) is 0 Å². The number of rotatable bonds is 4. The Balaban J connectivity index is 2.32. The lowest BCUT2D eigenvalue weighted by Crippen LogP contribution is -2.44. The first kappa shape index (κ1) is 15.9. The largest absolute Gasteiger partial charge is 0.103 e. The lowest BCUT2D eigenvalue weighted by Gasteiger charge is -2.53. The average molecular weight is 274 g/mol. The third-order valence-electron chi connectivity index (χ3n) is 6.42. The number of hydrogen-bond donors (Lipinski definition) is 0. The Morgan fingerprint density at radius 2 is 2.10 bits per heavy atom. The molecule has 20 heavy (non-hydrogen) atoms. The van der Waals surface area contributed by atoms with Crippen LogP contribution in [-0.2, 0) is 0 Å².